The lowest BCUT2D eigenvalue weighted by Crippen LogP contribution is -2.43. The summed E-state index contributed by atoms with van der Waals surface area (Å²) in [5.41, 5.74) is 3.68. The van der Waals surface area contributed by atoms with Gasteiger partial charge in [-0.25, -0.2) is 9.98 Å². The van der Waals surface area contributed by atoms with Crippen molar-refractivity contribution in [2.24, 2.45) is 9.98 Å². The number of hydrogen-bond donors (Lipinski definition) is 0. The molecule has 3 rings (SSSR count). The quantitative estimate of drug-likeness (QED) is 0.698. The van der Waals surface area contributed by atoms with Gasteiger partial charge in [0.05, 0.1) is 6.34 Å². The highest BCUT2D eigenvalue weighted by Gasteiger charge is 2.26. The minimum atomic E-state index is -0.279. The monoisotopic (exact) mass is 319 g/mol. The summed E-state index contributed by atoms with van der Waals surface area (Å²) in [6, 6.07) is 19.5. The van der Waals surface area contributed by atoms with Crippen LogP contribution in [0.5, 0.6) is 0 Å². The maximum absolute atomic E-state index is 4.43. The highest BCUT2D eigenvalue weighted by molar-refractivity contribution is 5.88. The molecule has 0 amide bonds. The minimum absolute atomic E-state index is 0.279. The third-order valence-electron chi connectivity index (χ3n) is 4.45. The van der Waals surface area contributed by atoms with Gasteiger partial charge >= 0.3 is 0 Å². The third kappa shape index (κ3) is 4.10. The Morgan fingerprint density at radius 3 is 2.08 bits per heavy atom. The summed E-state index contributed by atoms with van der Waals surface area (Å²) in [7, 11) is 0. The van der Waals surface area contributed by atoms with Gasteiger partial charge in [-0.1, -0.05) is 42.5 Å². The van der Waals surface area contributed by atoms with Crippen molar-refractivity contribution < 1.29 is 0 Å². The summed E-state index contributed by atoms with van der Waals surface area (Å²) in [4.78, 5) is 10.7. The van der Waals surface area contributed by atoms with Crippen molar-refractivity contribution in [3.8, 4) is 0 Å². The lowest BCUT2D eigenvalue weighted by molar-refractivity contribution is 0.544. The molecule has 0 N–H and O–H groups in total. The number of benzene rings is 2. The molecule has 0 fully saturated rings. The van der Waals surface area contributed by atoms with Crippen LogP contribution in [0.3, 0.4) is 0 Å². The summed E-state index contributed by atoms with van der Waals surface area (Å²) in [5.74, 6) is 0. The Morgan fingerprint density at radius 2 is 1.46 bits per heavy atom. The molecule has 0 atom stereocenters. The van der Waals surface area contributed by atoms with Crippen LogP contribution in [0.15, 0.2) is 64.6 Å². The van der Waals surface area contributed by atoms with E-state index in [0.29, 0.717) is 0 Å². The molecule has 24 heavy (non-hydrogen) atoms. The van der Waals surface area contributed by atoms with Crippen LogP contribution in [-0.4, -0.2) is 18.3 Å². The van der Waals surface area contributed by atoms with Crippen LogP contribution < -0.4 is 4.90 Å². The van der Waals surface area contributed by atoms with Gasteiger partial charge in [0, 0.05) is 5.69 Å². The van der Waals surface area contributed by atoms with Gasteiger partial charge in [-0.15, -0.1) is 0 Å². The highest BCUT2D eigenvalue weighted by atomic mass is 15.3. The molecule has 3 heteroatoms. The molecule has 1 aliphatic rings. The number of hydrogen-bond acceptors (Lipinski definition) is 3. The molecule has 0 unspecified atom stereocenters. The van der Waals surface area contributed by atoms with Crippen molar-refractivity contribution in [1.82, 2.24) is 0 Å². The van der Waals surface area contributed by atoms with E-state index in [1.165, 1.54) is 24.0 Å². The predicted molar refractivity (Wildman–Crippen MR) is 103 cm³/mol. The van der Waals surface area contributed by atoms with Gasteiger partial charge in [0.1, 0.15) is 12.0 Å². The first-order chi connectivity index (χ1) is 11.6. The van der Waals surface area contributed by atoms with E-state index in [9.17, 15) is 0 Å². The van der Waals surface area contributed by atoms with Crippen LogP contribution in [0, 0.1) is 0 Å². The largest absolute Gasteiger partial charge is 0.307 e. The second kappa shape index (κ2) is 7.43. The Bertz CT molecular complexity index is 700. The van der Waals surface area contributed by atoms with Gasteiger partial charge in [0.15, 0.2) is 0 Å². The summed E-state index contributed by atoms with van der Waals surface area (Å²) in [6.07, 6.45) is 8.21. The SMILES string of the molecule is CC1(C)N=CN=CN1c1ccc(CCCCc2ccccc2)cc1. The fourth-order valence-electron chi connectivity index (χ4n) is 2.98. The van der Waals surface area contributed by atoms with Crippen molar-refractivity contribution in [3.63, 3.8) is 0 Å². The zero-order valence-electron chi connectivity index (χ0n) is 14.5. The molecule has 124 valence electrons. The van der Waals surface area contributed by atoms with E-state index < -0.39 is 0 Å². The standard InChI is InChI=1S/C21H25N3/c1-21(2)23-16-22-17-24(21)20-14-12-19(13-15-20)11-7-6-10-18-8-4-3-5-9-18/h3-5,8-9,12-17H,6-7,10-11H2,1-2H3. The Morgan fingerprint density at radius 1 is 0.833 bits per heavy atom. The van der Waals surface area contributed by atoms with E-state index in [2.05, 4.69) is 83.3 Å². The number of aliphatic imine (C=N–C) groups is 2. The molecule has 2 aromatic rings. The van der Waals surface area contributed by atoms with Crippen LogP contribution in [0.1, 0.15) is 37.8 Å². The van der Waals surface area contributed by atoms with Crippen LogP contribution >= 0.6 is 0 Å². The topological polar surface area (TPSA) is 28.0 Å². The van der Waals surface area contributed by atoms with Gasteiger partial charge in [-0.05, 0) is 62.8 Å². The van der Waals surface area contributed by atoms with Gasteiger partial charge in [0.2, 0.25) is 0 Å². The van der Waals surface area contributed by atoms with E-state index in [0.717, 1.165) is 18.5 Å². The maximum Gasteiger partial charge on any atom is 0.133 e. The zero-order chi connectivity index (χ0) is 16.8. The molecular formula is C21H25N3. The van der Waals surface area contributed by atoms with E-state index in [-0.39, 0.29) is 5.66 Å². The Kier molecular flexibility index (Phi) is 5.09. The normalized spacial score (nSPS) is 15.7. The number of rotatable bonds is 6. The fraction of sp³-hybridized carbons (Fsp3) is 0.333. The van der Waals surface area contributed by atoms with Crippen LogP contribution in [0.2, 0.25) is 0 Å². The molecule has 1 aliphatic heterocycles. The molecule has 0 saturated carbocycles. The average molecular weight is 319 g/mol. The summed E-state index contributed by atoms with van der Waals surface area (Å²) < 4.78 is 0. The molecule has 0 spiro atoms. The molecule has 0 saturated heterocycles. The fourth-order valence-corrected chi connectivity index (χ4v) is 2.98. The molecule has 1 heterocycles. The minimum Gasteiger partial charge on any atom is -0.307 e. The molecule has 0 radical (unpaired) electrons. The summed E-state index contributed by atoms with van der Waals surface area (Å²) in [6.45, 7) is 4.18. The van der Waals surface area contributed by atoms with Crippen molar-refractivity contribution in [3.05, 3.63) is 65.7 Å². The average Bonchev–Trinajstić information content (AvgIpc) is 2.60. The zero-order valence-corrected chi connectivity index (χ0v) is 14.5. The lowest BCUT2D eigenvalue weighted by atomic mass is 10.0. The second-order valence-electron chi connectivity index (χ2n) is 6.73. The second-order valence-corrected chi connectivity index (χ2v) is 6.73. The van der Waals surface area contributed by atoms with E-state index in [1.54, 1.807) is 6.34 Å². The van der Waals surface area contributed by atoms with E-state index in [4.69, 9.17) is 0 Å². The predicted octanol–water partition coefficient (Wildman–Crippen LogP) is 4.86. The van der Waals surface area contributed by atoms with E-state index in [1.807, 2.05) is 6.34 Å². The molecule has 2 aromatic carbocycles. The highest BCUT2D eigenvalue weighted by Crippen LogP contribution is 2.25. The molecule has 3 nitrogen and oxygen atoms in total. The van der Waals surface area contributed by atoms with Crippen molar-refractivity contribution in [1.29, 1.82) is 0 Å². The Balaban J connectivity index is 1.52. The van der Waals surface area contributed by atoms with Crippen molar-refractivity contribution >= 4 is 18.4 Å². The first-order valence-corrected chi connectivity index (χ1v) is 8.64. The number of aryl methyl sites for hydroxylation is 2. The number of anilines is 1. The Labute approximate surface area is 144 Å². The first-order valence-electron chi connectivity index (χ1n) is 8.64. The number of unbranched alkanes of at least 4 members (excludes halogenated alkanes) is 1. The van der Waals surface area contributed by atoms with Crippen LogP contribution in [0.4, 0.5) is 5.69 Å². The molecular weight excluding hydrogens is 294 g/mol. The smallest absolute Gasteiger partial charge is 0.133 e. The molecule has 0 bridgehead atoms. The van der Waals surface area contributed by atoms with Crippen LogP contribution in [0.25, 0.3) is 0 Å². The van der Waals surface area contributed by atoms with Crippen molar-refractivity contribution in [2.75, 3.05) is 4.90 Å². The van der Waals surface area contributed by atoms with Crippen LogP contribution in [-0.2, 0) is 12.8 Å². The summed E-state index contributed by atoms with van der Waals surface area (Å²) in [5, 5.41) is 0. The maximum atomic E-state index is 4.43. The third-order valence-corrected chi connectivity index (χ3v) is 4.45. The molecule has 0 aliphatic carbocycles. The van der Waals surface area contributed by atoms with Crippen molar-refractivity contribution in [2.45, 2.75) is 45.2 Å². The van der Waals surface area contributed by atoms with Gasteiger partial charge in [-0.2, -0.15) is 0 Å². The summed E-state index contributed by atoms with van der Waals surface area (Å²) >= 11 is 0. The first kappa shape index (κ1) is 16.4. The van der Waals surface area contributed by atoms with Gasteiger partial charge < -0.3 is 4.90 Å². The lowest BCUT2D eigenvalue weighted by Gasteiger charge is -2.35. The Hall–Kier alpha value is -2.42. The van der Waals surface area contributed by atoms with Gasteiger partial charge in [0.25, 0.3) is 0 Å². The number of nitrogens with zero attached hydrogens (tertiary/aromatic N) is 3. The van der Waals surface area contributed by atoms with E-state index >= 15 is 0 Å². The molecule has 0 aromatic heterocycles. The van der Waals surface area contributed by atoms with Gasteiger partial charge in [-0.3, -0.25) is 0 Å².